The quantitative estimate of drug-likeness (QED) is 0.841. The molecule has 1 saturated carbocycles. The fraction of sp³-hybridized carbons (Fsp3) is 0.400. The third-order valence-electron chi connectivity index (χ3n) is 4.02. The van der Waals surface area contributed by atoms with Crippen LogP contribution in [0.2, 0.25) is 5.02 Å². The van der Waals surface area contributed by atoms with Gasteiger partial charge in [-0.05, 0) is 43.9 Å². The van der Waals surface area contributed by atoms with Crippen LogP contribution in [0.3, 0.4) is 0 Å². The second kappa shape index (κ2) is 7.46. The third-order valence-corrected chi connectivity index (χ3v) is 4.31. The van der Waals surface area contributed by atoms with Crippen LogP contribution < -0.4 is 11.1 Å². The van der Waals surface area contributed by atoms with Crippen LogP contribution in [0, 0.1) is 18.7 Å². The largest absolute Gasteiger partial charge is 0.346 e. The van der Waals surface area contributed by atoms with Crippen molar-refractivity contribution < 1.29 is 9.18 Å². The van der Waals surface area contributed by atoms with Crippen molar-refractivity contribution in [3.05, 3.63) is 40.4 Å². The van der Waals surface area contributed by atoms with E-state index in [1.54, 1.807) is 6.92 Å². The molecule has 1 amide bonds. The van der Waals surface area contributed by atoms with Crippen molar-refractivity contribution in [3.63, 3.8) is 0 Å². The normalized spacial score (nSPS) is 14.8. The van der Waals surface area contributed by atoms with E-state index >= 15 is 0 Å². The minimum absolute atomic E-state index is 0. The first-order valence-corrected chi connectivity index (χ1v) is 7.77. The van der Waals surface area contributed by atoms with E-state index in [1.165, 1.54) is 22.9 Å². The molecular weight excluding hydrogens is 356 g/mol. The van der Waals surface area contributed by atoms with Crippen molar-refractivity contribution in [3.8, 4) is 5.69 Å². The van der Waals surface area contributed by atoms with Gasteiger partial charge in [-0.25, -0.2) is 9.07 Å². The molecular formula is C15H18Cl2FN5O. The predicted molar refractivity (Wildman–Crippen MR) is 91.3 cm³/mol. The van der Waals surface area contributed by atoms with Crippen LogP contribution in [0.4, 0.5) is 4.39 Å². The van der Waals surface area contributed by atoms with Gasteiger partial charge in [-0.1, -0.05) is 16.8 Å². The first-order valence-electron chi connectivity index (χ1n) is 7.40. The summed E-state index contributed by atoms with van der Waals surface area (Å²) in [6, 6.07) is 4.17. The SMILES string of the molecule is Cc1c(C(=O)NC(CN)C2CC2)nnn1-c1ccc(F)c(Cl)c1.Cl. The lowest BCUT2D eigenvalue weighted by molar-refractivity contribution is 0.0927. The van der Waals surface area contributed by atoms with E-state index in [0.717, 1.165) is 12.8 Å². The van der Waals surface area contributed by atoms with Crippen molar-refractivity contribution in [2.24, 2.45) is 11.7 Å². The van der Waals surface area contributed by atoms with E-state index in [1.807, 2.05) is 0 Å². The van der Waals surface area contributed by atoms with Gasteiger partial charge in [0.15, 0.2) is 5.69 Å². The lowest BCUT2D eigenvalue weighted by Crippen LogP contribution is -2.42. The smallest absolute Gasteiger partial charge is 0.274 e. The van der Waals surface area contributed by atoms with Crippen molar-refractivity contribution >= 4 is 29.9 Å². The molecule has 1 heterocycles. The topological polar surface area (TPSA) is 85.8 Å². The molecule has 1 aromatic carbocycles. The minimum Gasteiger partial charge on any atom is -0.346 e. The molecule has 0 saturated heterocycles. The van der Waals surface area contributed by atoms with Crippen LogP contribution in [0.25, 0.3) is 5.69 Å². The molecule has 0 radical (unpaired) electrons. The highest BCUT2D eigenvalue weighted by Gasteiger charge is 2.32. The molecule has 1 atom stereocenters. The summed E-state index contributed by atoms with van der Waals surface area (Å²) in [6.45, 7) is 2.12. The van der Waals surface area contributed by atoms with Gasteiger partial charge in [0.2, 0.25) is 0 Å². The Morgan fingerprint density at radius 1 is 1.54 bits per heavy atom. The molecule has 9 heteroatoms. The highest BCUT2D eigenvalue weighted by atomic mass is 35.5. The fourth-order valence-corrected chi connectivity index (χ4v) is 2.68. The molecule has 24 heavy (non-hydrogen) atoms. The van der Waals surface area contributed by atoms with E-state index in [0.29, 0.717) is 23.8 Å². The summed E-state index contributed by atoms with van der Waals surface area (Å²) in [5, 5.41) is 10.8. The van der Waals surface area contributed by atoms with E-state index in [4.69, 9.17) is 17.3 Å². The van der Waals surface area contributed by atoms with Gasteiger partial charge in [-0.3, -0.25) is 4.79 Å². The monoisotopic (exact) mass is 373 g/mol. The van der Waals surface area contributed by atoms with Crippen molar-refractivity contribution in [1.29, 1.82) is 0 Å². The average Bonchev–Trinajstić information content (AvgIpc) is 3.30. The molecule has 1 aromatic heterocycles. The number of nitrogens with one attached hydrogen (secondary N) is 1. The van der Waals surface area contributed by atoms with Crippen LogP contribution in [0.15, 0.2) is 18.2 Å². The summed E-state index contributed by atoms with van der Waals surface area (Å²) in [4.78, 5) is 12.4. The molecule has 0 aliphatic heterocycles. The van der Waals surface area contributed by atoms with Crippen LogP contribution >= 0.6 is 24.0 Å². The van der Waals surface area contributed by atoms with Gasteiger partial charge in [0.1, 0.15) is 5.82 Å². The van der Waals surface area contributed by atoms with Crippen LogP contribution in [0.5, 0.6) is 0 Å². The Hall–Kier alpha value is -1.70. The molecule has 1 aliphatic carbocycles. The van der Waals surface area contributed by atoms with Crippen molar-refractivity contribution in [2.75, 3.05) is 6.54 Å². The number of carbonyl (C=O) groups excluding carboxylic acids is 1. The summed E-state index contributed by atoms with van der Waals surface area (Å²) in [5.74, 6) is -0.360. The molecule has 1 aliphatic rings. The highest BCUT2D eigenvalue weighted by molar-refractivity contribution is 6.30. The highest BCUT2D eigenvalue weighted by Crippen LogP contribution is 2.32. The lowest BCUT2D eigenvalue weighted by atomic mass is 10.2. The maximum atomic E-state index is 13.3. The molecule has 3 N–H and O–H groups in total. The summed E-state index contributed by atoms with van der Waals surface area (Å²) in [5.41, 5.74) is 7.02. The third kappa shape index (κ3) is 3.68. The van der Waals surface area contributed by atoms with E-state index in [-0.39, 0.29) is 35.1 Å². The Bertz CT molecular complexity index is 747. The Labute approximate surface area is 150 Å². The van der Waals surface area contributed by atoms with Crippen LogP contribution in [-0.2, 0) is 0 Å². The molecule has 1 fully saturated rings. The van der Waals surface area contributed by atoms with Gasteiger partial charge in [0, 0.05) is 12.6 Å². The van der Waals surface area contributed by atoms with Gasteiger partial charge in [-0.2, -0.15) is 0 Å². The van der Waals surface area contributed by atoms with Crippen LogP contribution in [-0.4, -0.2) is 33.5 Å². The van der Waals surface area contributed by atoms with Crippen LogP contribution in [0.1, 0.15) is 29.0 Å². The Balaban J connectivity index is 0.00000208. The number of rotatable bonds is 5. The average molecular weight is 374 g/mol. The van der Waals surface area contributed by atoms with Crippen molar-refractivity contribution in [2.45, 2.75) is 25.8 Å². The molecule has 2 aromatic rings. The number of hydrogen-bond donors (Lipinski definition) is 2. The Morgan fingerprint density at radius 3 is 2.83 bits per heavy atom. The summed E-state index contributed by atoms with van der Waals surface area (Å²) in [6.07, 6.45) is 2.17. The van der Waals surface area contributed by atoms with Gasteiger partial charge >= 0.3 is 0 Å². The fourth-order valence-electron chi connectivity index (χ4n) is 2.51. The first kappa shape index (κ1) is 18.6. The molecule has 1 unspecified atom stereocenters. The van der Waals surface area contributed by atoms with E-state index < -0.39 is 5.82 Å². The lowest BCUT2D eigenvalue weighted by Gasteiger charge is -2.15. The molecule has 0 bridgehead atoms. The number of aromatic nitrogens is 3. The standard InChI is InChI=1S/C15H17ClFN5O.ClH/c1-8-14(15(23)19-13(7-18)9-2-3-9)20-21-22(8)10-4-5-12(17)11(16)6-10;/h4-6,9,13H,2-3,7,18H2,1H3,(H,19,23);1H. The number of amides is 1. The zero-order valence-electron chi connectivity index (χ0n) is 13.0. The number of nitrogens with two attached hydrogens (primary N) is 1. The summed E-state index contributed by atoms with van der Waals surface area (Å²) >= 11 is 5.79. The van der Waals surface area contributed by atoms with Gasteiger partial charge in [0.25, 0.3) is 5.91 Å². The van der Waals surface area contributed by atoms with E-state index in [9.17, 15) is 9.18 Å². The maximum absolute atomic E-state index is 13.3. The van der Waals surface area contributed by atoms with Gasteiger partial charge in [-0.15, -0.1) is 17.5 Å². The first-order chi connectivity index (χ1) is 11.0. The molecule has 0 spiro atoms. The zero-order chi connectivity index (χ0) is 16.6. The van der Waals surface area contributed by atoms with Gasteiger partial charge in [0.05, 0.1) is 16.4 Å². The molecule has 3 rings (SSSR count). The minimum atomic E-state index is -0.513. The molecule has 6 nitrogen and oxygen atoms in total. The van der Waals surface area contributed by atoms with E-state index in [2.05, 4.69) is 15.6 Å². The molecule has 130 valence electrons. The number of carbonyl (C=O) groups is 1. The maximum Gasteiger partial charge on any atom is 0.274 e. The number of halogens is 3. The van der Waals surface area contributed by atoms with Gasteiger partial charge < -0.3 is 11.1 Å². The van der Waals surface area contributed by atoms with Crippen molar-refractivity contribution in [1.82, 2.24) is 20.3 Å². The Kier molecular flexibility index (Phi) is 5.79. The zero-order valence-corrected chi connectivity index (χ0v) is 14.6. The number of hydrogen-bond acceptors (Lipinski definition) is 4. The predicted octanol–water partition coefficient (Wildman–Crippen LogP) is 2.26. The number of benzene rings is 1. The summed E-state index contributed by atoms with van der Waals surface area (Å²) in [7, 11) is 0. The number of nitrogens with zero attached hydrogens (tertiary/aromatic N) is 3. The second-order valence-electron chi connectivity index (χ2n) is 5.69. The second-order valence-corrected chi connectivity index (χ2v) is 6.09. The summed E-state index contributed by atoms with van der Waals surface area (Å²) < 4.78 is 14.7. The Morgan fingerprint density at radius 2 is 2.25 bits per heavy atom.